The summed E-state index contributed by atoms with van der Waals surface area (Å²) in [5, 5.41) is 8.19. The van der Waals surface area contributed by atoms with Crippen molar-refractivity contribution in [1.29, 1.82) is 0 Å². The summed E-state index contributed by atoms with van der Waals surface area (Å²) in [6.45, 7) is 4.18. The molecular weight excluding hydrogens is 467 g/mol. The highest BCUT2D eigenvalue weighted by molar-refractivity contribution is 6.30. The molecule has 0 radical (unpaired) electrons. The number of amides is 1. The number of nitrogens with zero attached hydrogens (tertiary/aromatic N) is 4. The Morgan fingerprint density at radius 1 is 1.00 bits per heavy atom. The minimum atomic E-state index is -0.0962. The lowest BCUT2D eigenvalue weighted by Gasteiger charge is -2.34. The van der Waals surface area contributed by atoms with Gasteiger partial charge in [-0.3, -0.25) is 9.69 Å². The normalized spacial score (nSPS) is 24.9. The number of piperazine rings is 1. The fourth-order valence-electron chi connectivity index (χ4n) is 5.23. The summed E-state index contributed by atoms with van der Waals surface area (Å²) in [6.07, 6.45) is 5.26. The Morgan fingerprint density at radius 2 is 1.65 bits per heavy atom. The maximum absolute atomic E-state index is 13.6. The highest BCUT2D eigenvalue weighted by Crippen LogP contribution is 2.44. The predicted octanol–water partition coefficient (Wildman–Crippen LogP) is 5.36. The highest BCUT2D eigenvalue weighted by atomic mass is 35.5. The molecule has 34 heavy (non-hydrogen) atoms. The van der Waals surface area contributed by atoms with E-state index in [2.05, 4.69) is 22.9 Å². The standard InChI is InChI=1S/C27H30Cl2N4O/c1-31-13-15-32(16-14-31)18-25(34)33-27(20-7-11-23(29)12-8-20)24-4-2-3-21(26(24)30-33)17-19-5-9-22(28)10-6-19/h5-12,17,24,27H,2-4,13-16,18H2,1H3/b21-17-/t24-,27-/m1/s1. The van der Waals surface area contributed by atoms with Crippen LogP contribution in [-0.4, -0.2) is 66.2 Å². The monoisotopic (exact) mass is 496 g/mol. The van der Waals surface area contributed by atoms with Gasteiger partial charge >= 0.3 is 0 Å². The number of allylic oxidation sites excluding steroid dienone is 1. The summed E-state index contributed by atoms with van der Waals surface area (Å²) in [5.41, 5.74) is 4.46. The maximum atomic E-state index is 13.6. The molecule has 0 N–H and O–H groups in total. The van der Waals surface area contributed by atoms with Crippen LogP contribution in [0.3, 0.4) is 0 Å². The van der Waals surface area contributed by atoms with Gasteiger partial charge in [0.1, 0.15) is 0 Å². The Hall–Kier alpha value is -2.18. The van der Waals surface area contributed by atoms with Crippen molar-refractivity contribution < 1.29 is 4.79 Å². The number of benzene rings is 2. The quantitative estimate of drug-likeness (QED) is 0.571. The van der Waals surface area contributed by atoms with Gasteiger partial charge in [0.2, 0.25) is 0 Å². The minimum absolute atomic E-state index is 0.0669. The summed E-state index contributed by atoms with van der Waals surface area (Å²) in [7, 11) is 2.13. The van der Waals surface area contributed by atoms with Gasteiger partial charge in [0, 0.05) is 42.1 Å². The first-order chi connectivity index (χ1) is 16.5. The van der Waals surface area contributed by atoms with Crippen molar-refractivity contribution in [2.75, 3.05) is 39.8 Å². The number of likely N-dealkylation sites (N-methyl/N-ethyl adjacent to an activating group) is 1. The zero-order chi connectivity index (χ0) is 23.7. The molecule has 0 aromatic heterocycles. The molecule has 5 rings (SSSR count). The van der Waals surface area contributed by atoms with Crippen molar-refractivity contribution in [2.24, 2.45) is 11.0 Å². The lowest BCUT2D eigenvalue weighted by molar-refractivity contribution is -0.135. The molecule has 2 fully saturated rings. The van der Waals surface area contributed by atoms with Crippen LogP contribution in [0.5, 0.6) is 0 Å². The maximum Gasteiger partial charge on any atom is 0.257 e. The Kier molecular flexibility index (Phi) is 7.07. The third-order valence-electron chi connectivity index (χ3n) is 7.13. The Bertz CT molecular complexity index is 1090. The summed E-state index contributed by atoms with van der Waals surface area (Å²) in [6, 6.07) is 15.7. The van der Waals surface area contributed by atoms with Crippen molar-refractivity contribution in [3.05, 3.63) is 75.3 Å². The van der Waals surface area contributed by atoms with Gasteiger partial charge in [-0.25, -0.2) is 5.01 Å². The summed E-state index contributed by atoms with van der Waals surface area (Å²) < 4.78 is 0. The van der Waals surface area contributed by atoms with Gasteiger partial charge < -0.3 is 4.90 Å². The Balaban J connectivity index is 1.46. The van der Waals surface area contributed by atoms with E-state index < -0.39 is 0 Å². The fraction of sp³-hybridized carbons (Fsp3) is 0.407. The number of hydrazone groups is 1. The van der Waals surface area contributed by atoms with Crippen LogP contribution in [0, 0.1) is 5.92 Å². The summed E-state index contributed by atoms with van der Waals surface area (Å²) in [5.74, 6) is 0.252. The largest absolute Gasteiger partial charge is 0.304 e. The molecule has 2 aromatic rings. The molecule has 0 spiro atoms. The van der Waals surface area contributed by atoms with E-state index in [0.29, 0.717) is 11.6 Å². The zero-order valence-corrected chi connectivity index (χ0v) is 21.0. The average molecular weight is 497 g/mol. The van der Waals surface area contributed by atoms with Gasteiger partial charge in [-0.2, -0.15) is 5.10 Å². The van der Waals surface area contributed by atoms with Crippen LogP contribution in [0.4, 0.5) is 0 Å². The fourth-order valence-corrected chi connectivity index (χ4v) is 5.48. The number of fused-ring (bicyclic) bond motifs is 1. The summed E-state index contributed by atoms with van der Waals surface area (Å²) >= 11 is 12.3. The van der Waals surface area contributed by atoms with Crippen molar-refractivity contribution in [3.63, 3.8) is 0 Å². The predicted molar refractivity (Wildman–Crippen MR) is 139 cm³/mol. The van der Waals surface area contributed by atoms with Crippen LogP contribution in [-0.2, 0) is 4.79 Å². The molecule has 2 aromatic carbocycles. The number of halogens is 2. The van der Waals surface area contributed by atoms with E-state index in [9.17, 15) is 4.79 Å². The van der Waals surface area contributed by atoms with E-state index in [-0.39, 0.29) is 17.9 Å². The lowest BCUT2D eigenvalue weighted by Crippen LogP contribution is -2.48. The molecule has 1 amide bonds. The van der Waals surface area contributed by atoms with E-state index in [1.165, 1.54) is 5.57 Å². The van der Waals surface area contributed by atoms with Crippen molar-refractivity contribution in [3.8, 4) is 0 Å². The van der Waals surface area contributed by atoms with Crippen molar-refractivity contribution >= 4 is 40.9 Å². The van der Waals surface area contributed by atoms with Gasteiger partial charge in [0.05, 0.1) is 18.3 Å². The number of carbonyl (C=O) groups is 1. The van der Waals surface area contributed by atoms with Crippen LogP contribution in [0.1, 0.15) is 36.4 Å². The first kappa shape index (κ1) is 23.6. The van der Waals surface area contributed by atoms with E-state index in [4.69, 9.17) is 28.3 Å². The number of hydrogen-bond acceptors (Lipinski definition) is 4. The second-order valence-electron chi connectivity index (χ2n) is 9.52. The van der Waals surface area contributed by atoms with E-state index in [1.54, 1.807) is 5.01 Å². The van der Waals surface area contributed by atoms with Crippen LogP contribution in [0.25, 0.3) is 6.08 Å². The molecule has 2 heterocycles. The Morgan fingerprint density at radius 3 is 2.32 bits per heavy atom. The van der Waals surface area contributed by atoms with Gasteiger partial charge in [0.25, 0.3) is 5.91 Å². The molecule has 1 aliphatic carbocycles. The molecule has 178 valence electrons. The number of rotatable bonds is 4. The van der Waals surface area contributed by atoms with Crippen LogP contribution in [0.2, 0.25) is 10.0 Å². The highest BCUT2D eigenvalue weighted by Gasteiger charge is 2.43. The lowest BCUT2D eigenvalue weighted by atomic mass is 9.77. The Labute approximate surface area is 211 Å². The van der Waals surface area contributed by atoms with Gasteiger partial charge in [-0.05, 0) is 73.4 Å². The van der Waals surface area contributed by atoms with Crippen LogP contribution >= 0.6 is 23.2 Å². The molecule has 3 aliphatic rings. The molecule has 7 heteroatoms. The van der Waals surface area contributed by atoms with Gasteiger partial charge in [0.15, 0.2) is 0 Å². The van der Waals surface area contributed by atoms with Gasteiger partial charge in [-0.1, -0.05) is 47.5 Å². The molecule has 2 atom stereocenters. The number of hydrogen-bond donors (Lipinski definition) is 0. The average Bonchev–Trinajstić information content (AvgIpc) is 3.23. The number of carbonyl (C=O) groups excluding carboxylic acids is 1. The third-order valence-corrected chi connectivity index (χ3v) is 7.64. The van der Waals surface area contributed by atoms with E-state index in [0.717, 1.165) is 67.3 Å². The second kappa shape index (κ2) is 10.2. The molecule has 1 saturated heterocycles. The third kappa shape index (κ3) is 5.08. The molecule has 5 nitrogen and oxygen atoms in total. The molecular formula is C27H30Cl2N4O. The first-order valence-corrected chi connectivity index (χ1v) is 12.8. The second-order valence-corrected chi connectivity index (χ2v) is 10.4. The molecule has 2 aliphatic heterocycles. The van der Waals surface area contributed by atoms with Crippen LogP contribution in [0.15, 0.2) is 59.2 Å². The summed E-state index contributed by atoms with van der Waals surface area (Å²) in [4.78, 5) is 18.1. The van der Waals surface area contributed by atoms with Crippen LogP contribution < -0.4 is 0 Å². The van der Waals surface area contributed by atoms with Gasteiger partial charge in [-0.15, -0.1) is 0 Å². The zero-order valence-electron chi connectivity index (χ0n) is 19.5. The first-order valence-electron chi connectivity index (χ1n) is 12.0. The van der Waals surface area contributed by atoms with E-state index in [1.807, 2.05) is 48.5 Å². The molecule has 1 saturated carbocycles. The van der Waals surface area contributed by atoms with Crippen molar-refractivity contribution in [2.45, 2.75) is 25.3 Å². The topological polar surface area (TPSA) is 39.1 Å². The smallest absolute Gasteiger partial charge is 0.257 e. The molecule has 0 bridgehead atoms. The van der Waals surface area contributed by atoms with Crippen molar-refractivity contribution in [1.82, 2.24) is 14.8 Å². The minimum Gasteiger partial charge on any atom is -0.304 e. The molecule has 0 unspecified atom stereocenters. The SMILES string of the molecule is CN1CCN(CC(=O)N2N=C3/C(=C\c4ccc(Cl)cc4)CCC[C@H]3[C@H]2c2ccc(Cl)cc2)CC1. The van der Waals surface area contributed by atoms with E-state index >= 15 is 0 Å².